The van der Waals surface area contributed by atoms with E-state index in [1.807, 2.05) is 25.4 Å². The van der Waals surface area contributed by atoms with Crippen LogP contribution in [-0.2, 0) is 6.42 Å². The monoisotopic (exact) mass is 308 g/mol. The molecule has 0 unspecified atom stereocenters. The van der Waals surface area contributed by atoms with E-state index in [9.17, 15) is 0 Å². The topological polar surface area (TPSA) is 49.3 Å². The predicted octanol–water partition coefficient (Wildman–Crippen LogP) is 3.02. The minimum Gasteiger partial charge on any atom is -0.356 e. The van der Waals surface area contributed by atoms with Crippen LogP contribution in [0, 0.1) is 5.41 Å². The lowest BCUT2D eigenvalue weighted by Gasteiger charge is -2.41. The Morgan fingerprint density at radius 2 is 2.19 bits per heavy atom. The number of nitrogens with zero attached hydrogens (tertiary/aromatic N) is 2. The molecule has 1 aromatic heterocycles. The molecule has 2 rings (SSSR count). The summed E-state index contributed by atoms with van der Waals surface area (Å²) in [7, 11) is 1.82. The van der Waals surface area contributed by atoms with E-state index in [0.29, 0.717) is 10.6 Å². The molecule has 1 aromatic rings. The molecule has 1 heterocycles. The van der Waals surface area contributed by atoms with Gasteiger partial charge in [0.25, 0.3) is 0 Å². The van der Waals surface area contributed by atoms with Crippen LogP contribution in [0.15, 0.2) is 23.3 Å². The lowest BCUT2D eigenvalue weighted by Crippen LogP contribution is -2.46. The number of hydrogen-bond acceptors (Lipinski definition) is 2. The van der Waals surface area contributed by atoms with Gasteiger partial charge in [0, 0.05) is 26.3 Å². The van der Waals surface area contributed by atoms with Gasteiger partial charge in [0.1, 0.15) is 5.15 Å². The molecule has 0 aromatic carbocycles. The zero-order chi connectivity index (χ0) is 15.1. The van der Waals surface area contributed by atoms with Gasteiger partial charge in [-0.1, -0.05) is 31.0 Å². The molecule has 1 aliphatic rings. The van der Waals surface area contributed by atoms with Crippen LogP contribution in [0.25, 0.3) is 0 Å². The summed E-state index contributed by atoms with van der Waals surface area (Å²) in [5.41, 5.74) is 1.67. The first kappa shape index (κ1) is 16.1. The summed E-state index contributed by atoms with van der Waals surface area (Å²) < 4.78 is 0. The summed E-state index contributed by atoms with van der Waals surface area (Å²) in [6, 6.07) is 3.83. The van der Waals surface area contributed by atoms with E-state index in [-0.39, 0.29) is 0 Å². The molecular formula is C16H25ClN4. The smallest absolute Gasteiger partial charge is 0.191 e. The highest BCUT2D eigenvalue weighted by atomic mass is 35.5. The van der Waals surface area contributed by atoms with Gasteiger partial charge < -0.3 is 10.6 Å². The molecule has 0 saturated heterocycles. The van der Waals surface area contributed by atoms with Crippen LogP contribution in [-0.4, -0.2) is 31.1 Å². The third-order valence-electron chi connectivity index (χ3n) is 4.51. The van der Waals surface area contributed by atoms with Crippen LogP contribution >= 0.6 is 11.6 Å². The fourth-order valence-electron chi connectivity index (χ4n) is 2.70. The zero-order valence-electron chi connectivity index (χ0n) is 13.0. The summed E-state index contributed by atoms with van der Waals surface area (Å²) in [6.07, 6.45) is 8.01. The van der Waals surface area contributed by atoms with Crippen molar-refractivity contribution in [2.75, 3.05) is 20.1 Å². The molecular weight excluding hydrogens is 284 g/mol. The van der Waals surface area contributed by atoms with Crippen LogP contribution in [0.5, 0.6) is 0 Å². The first-order valence-corrected chi connectivity index (χ1v) is 8.10. The first-order valence-electron chi connectivity index (χ1n) is 7.72. The Hall–Kier alpha value is -1.29. The number of nitrogens with one attached hydrogen (secondary N) is 2. The fourth-order valence-corrected chi connectivity index (χ4v) is 2.82. The van der Waals surface area contributed by atoms with Crippen LogP contribution in [0.4, 0.5) is 0 Å². The van der Waals surface area contributed by atoms with Crippen molar-refractivity contribution in [3.05, 3.63) is 29.0 Å². The Kier molecular flexibility index (Phi) is 5.85. The average Bonchev–Trinajstić information content (AvgIpc) is 2.46. The molecule has 1 fully saturated rings. The van der Waals surface area contributed by atoms with E-state index in [4.69, 9.17) is 11.6 Å². The molecule has 4 nitrogen and oxygen atoms in total. The molecule has 1 saturated carbocycles. The molecule has 0 amide bonds. The minimum absolute atomic E-state index is 0.498. The maximum absolute atomic E-state index is 5.78. The van der Waals surface area contributed by atoms with Crippen molar-refractivity contribution in [2.24, 2.45) is 10.4 Å². The normalized spacial score (nSPS) is 17.2. The SMILES string of the molecule is CCC1(CNC(=NC)NCCc2ccc(Cl)nc2)CCC1. The molecule has 2 N–H and O–H groups in total. The summed E-state index contributed by atoms with van der Waals surface area (Å²) >= 11 is 5.78. The van der Waals surface area contributed by atoms with Gasteiger partial charge in [0.2, 0.25) is 0 Å². The molecule has 0 spiro atoms. The summed E-state index contributed by atoms with van der Waals surface area (Å²) in [5, 5.41) is 7.35. The molecule has 116 valence electrons. The highest BCUT2D eigenvalue weighted by Crippen LogP contribution is 2.42. The fraction of sp³-hybridized carbons (Fsp3) is 0.625. The second-order valence-electron chi connectivity index (χ2n) is 5.80. The number of aromatic nitrogens is 1. The van der Waals surface area contributed by atoms with Crippen molar-refractivity contribution in [1.29, 1.82) is 0 Å². The first-order chi connectivity index (χ1) is 10.2. The molecule has 5 heteroatoms. The van der Waals surface area contributed by atoms with Crippen LogP contribution in [0.3, 0.4) is 0 Å². The van der Waals surface area contributed by atoms with Crippen molar-refractivity contribution in [3.63, 3.8) is 0 Å². The van der Waals surface area contributed by atoms with Crippen LogP contribution in [0.2, 0.25) is 5.15 Å². The van der Waals surface area contributed by atoms with Gasteiger partial charge in [-0.15, -0.1) is 0 Å². The van der Waals surface area contributed by atoms with Gasteiger partial charge in [0.05, 0.1) is 0 Å². The summed E-state index contributed by atoms with van der Waals surface area (Å²) in [6.45, 7) is 4.14. The lowest BCUT2D eigenvalue weighted by atomic mass is 9.67. The number of hydrogen-bond donors (Lipinski definition) is 2. The predicted molar refractivity (Wildman–Crippen MR) is 88.9 cm³/mol. The molecule has 0 atom stereocenters. The Morgan fingerprint density at radius 3 is 2.71 bits per heavy atom. The van der Waals surface area contributed by atoms with E-state index in [2.05, 4.69) is 27.5 Å². The van der Waals surface area contributed by atoms with Crippen molar-refractivity contribution < 1.29 is 0 Å². The van der Waals surface area contributed by atoms with E-state index in [1.165, 1.54) is 31.2 Å². The number of guanidine groups is 1. The maximum Gasteiger partial charge on any atom is 0.191 e. The largest absolute Gasteiger partial charge is 0.356 e. The standard InChI is InChI=1S/C16H25ClN4/c1-3-16(8-4-9-16)12-21-15(18-2)19-10-7-13-5-6-14(17)20-11-13/h5-6,11H,3-4,7-10,12H2,1-2H3,(H2,18,19,21). The highest BCUT2D eigenvalue weighted by Gasteiger charge is 2.34. The Morgan fingerprint density at radius 1 is 1.38 bits per heavy atom. The summed E-state index contributed by atoms with van der Waals surface area (Å²) in [4.78, 5) is 8.37. The Bertz CT molecular complexity index is 460. The quantitative estimate of drug-likeness (QED) is 0.482. The number of aliphatic imine (C=N–C) groups is 1. The second-order valence-corrected chi connectivity index (χ2v) is 6.19. The number of halogens is 1. The van der Waals surface area contributed by atoms with Gasteiger partial charge >= 0.3 is 0 Å². The Labute approximate surface area is 132 Å². The molecule has 0 aliphatic heterocycles. The zero-order valence-corrected chi connectivity index (χ0v) is 13.7. The number of rotatable bonds is 6. The van der Waals surface area contributed by atoms with E-state index in [0.717, 1.165) is 25.5 Å². The van der Waals surface area contributed by atoms with Crippen LogP contribution in [0.1, 0.15) is 38.2 Å². The van der Waals surface area contributed by atoms with Crippen molar-refractivity contribution >= 4 is 17.6 Å². The minimum atomic E-state index is 0.498. The number of pyridine rings is 1. The highest BCUT2D eigenvalue weighted by molar-refractivity contribution is 6.29. The van der Waals surface area contributed by atoms with Crippen LogP contribution < -0.4 is 10.6 Å². The lowest BCUT2D eigenvalue weighted by molar-refractivity contribution is 0.131. The van der Waals surface area contributed by atoms with Crippen molar-refractivity contribution in [3.8, 4) is 0 Å². The van der Waals surface area contributed by atoms with Crippen molar-refractivity contribution in [2.45, 2.75) is 39.0 Å². The molecule has 0 bridgehead atoms. The molecule has 1 aliphatic carbocycles. The van der Waals surface area contributed by atoms with Gasteiger partial charge in [-0.3, -0.25) is 4.99 Å². The third kappa shape index (κ3) is 4.60. The maximum atomic E-state index is 5.78. The third-order valence-corrected chi connectivity index (χ3v) is 4.74. The van der Waals surface area contributed by atoms with Gasteiger partial charge in [-0.05, 0) is 42.7 Å². The molecule has 0 radical (unpaired) electrons. The van der Waals surface area contributed by atoms with E-state index >= 15 is 0 Å². The van der Waals surface area contributed by atoms with E-state index in [1.54, 1.807) is 0 Å². The van der Waals surface area contributed by atoms with Gasteiger partial charge in [-0.25, -0.2) is 4.98 Å². The van der Waals surface area contributed by atoms with Gasteiger partial charge in [0.15, 0.2) is 5.96 Å². The molecule has 21 heavy (non-hydrogen) atoms. The second kappa shape index (κ2) is 7.64. The van der Waals surface area contributed by atoms with E-state index < -0.39 is 0 Å². The van der Waals surface area contributed by atoms with Gasteiger partial charge in [-0.2, -0.15) is 0 Å². The Balaban J connectivity index is 1.71. The average molecular weight is 309 g/mol. The van der Waals surface area contributed by atoms with Crippen molar-refractivity contribution in [1.82, 2.24) is 15.6 Å². The summed E-state index contributed by atoms with van der Waals surface area (Å²) in [5.74, 6) is 0.886.